The Balaban J connectivity index is 1.76. The van der Waals surface area contributed by atoms with Crippen LogP contribution in [0.2, 0.25) is 0 Å². The molecule has 1 amide bonds. The number of aromatic nitrogens is 2. The van der Waals surface area contributed by atoms with E-state index in [0.717, 1.165) is 25.1 Å². The highest BCUT2D eigenvalue weighted by atomic mass is 16.5. The highest BCUT2D eigenvalue weighted by Crippen LogP contribution is 2.30. The van der Waals surface area contributed by atoms with Gasteiger partial charge in [0.15, 0.2) is 11.5 Å². The van der Waals surface area contributed by atoms with Gasteiger partial charge >= 0.3 is 0 Å². The molecule has 1 N–H and O–H groups in total. The predicted octanol–water partition coefficient (Wildman–Crippen LogP) is 2.84. The van der Waals surface area contributed by atoms with E-state index in [9.17, 15) is 4.79 Å². The van der Waals surface area contributed by atoms with Crippen LogP contribution in [0.1, 0.15) is 41.7 Å². The number of H-pyrrole nitrogens is 1. The van der Waals surface area contributed by atoms with Gasteiger partial charge in [0.2, 0.25) is 0 Å². The number of benzene rings is 1. The van der Waals surface area contributed by atoms with Gasteiger partial charge in [-0.15, -0.1) is 0 Å². The second kappa shape index (κ2) is 7.38. The summed E-state index contributed by atoms with van der Waals surface area (Å²) in [6, 6.07) is 7.34. The van der Waals surface area contributed by atoms with Crippen LogP contribution in [0, 0.1) is 0 Å². The van der Waals surface area contributed by atoms with Crippen molar-refractivity contribution in [2.45, 2.75) is 25.7 Å². The molecule has 0 unspecified atom stereocenters. The number of hydrogen-bond acceptors (Lipinski definition) is 4. The molecular weight excluding hydrogens is 306 g/mol. The van der Waals surface area contributed by atoms with E-state index in [4.69, 9.17) is 9.47 Å². The van der Waals surface area contributed by atoms with Gasteiger partial charge in [-0.1, -0.05) is 0 Å². The summed E-state index contributed by atoms with van der Waals surface area (Å²) in [5.74, 6) is 1.59. The molecule has 0 radical (unpaired) electrons. The van der Waals surface area contributed by atoms with E-state index in [1.807, 2.05) is 17.9 Å². The second-order valence-corrected chi connectivity index (χ2v) is 5.90. The largest absolute Gasteiger partial charge is 0.493 e. The summed E-state index contributed by atoms with van der Waals surface area (Å²) >= 11 is 0. The van der Waals surface area contributed by atoms with E-state index in [-0.39, 0.29) is 5.91 Å². The topological polar surface area (TPSA) is 67.5 Å². The zero-order chi connectivity index (χ0) is 16.9. The first-order valence-corrected chi connectivity index (χ1v) is 8.32. The lowest BCUT2D eigenvalue weighted by molar-refractivity contribution is 0.0705. The number of amides is 1. The summed E-state index contributed by atoms with van der Waals surface area (Å²) in [5, 5.41) is 7.04. The fourth-order valence-corrected chi connectivity index (χ4v) is 3.17. The van der Waals surface area contributed by atoms with Crippen LogP contribution in [0.4, 0.5) is 0 Å². The van der Waals surface area contributed by atoms with Crippen LogP contribution in [0.25, 0.3) is 0 Å². The van der Waals surface area contributed by atoms with E-state index in [1.54, 1.807) is 31.5 Å². The lowest BCUT2D eigenvalue weighted by atomic mass is 9.94. The SMILES string of the molecule is CCOc1ccc(C(=O)N2CCC[C@@H](c3ccn[nH]3)C2)cc1OC. The summed E-state index contributed by atoms with van der Waals surface area (Å²) in [6.07, 6.45) is 3.82. The fourth-order valence-electron chi connectivity index (χ4n) is 3.17. The second-order valence-electron chi connectivity index (χ2n) is 5.90. The van der Waals surface area contributed by atoms with E-state index in [1.165, 1.54) is 0 Å². The maximum Gasteiger partial charge on any atom is 0.254 e. The fraction of sp³-hybridized carbons (Fsp3) is 0.444. The minimum absolute atomic E-state index is 0.0283. The van der Waals surface area contributed by atoms with Gasteiger partial charge in [0, 0.05) is 36.5 Å². The molecule has 2 aromatic rings. The average Bonchev–Trinajstić information content (AvgIpc) is 3.16. The summed E-state index contributed by atoms with van der Waals surface area (Å²) in [7, 11) is 1.58. The number of nitrogens with zero attached hydrogens (tertiary/aromatic N) is 2. The van der Waals surface area contributed by atoms with Crippen molar-refractivity contribution in [3.63, 3.8) is 0 Å². The maximum atomic E-state index is 12.9. The number of methoxy groups -OCH3 is 1. The van der Waals surface area contributed by atoms with Crippen LogP contribution in [0.3, 0.4) is 0 Å². The molecule has 6 nitrogen and oxygen atoms in total. The minimum Gasteiger partial charge on any atom is -0.493 e. The molecule has 0 spiro atoms. The molecule has 6 heteroatoms. The molecular formula is C18H23N3O3. The Hall–Kier alpha value is -2.50. The van der Waals surface area contributed by atoms with E-state index in [0.29, 0.717) is 36.1 Å². The maximum absolute atomic E-state index is 12.9. The van der Waals surface area contributed by atoms with Gasteiger partial charge in [0.05, 0.1) is 13.7 Å². The van der Waals surface area contributed by atoms with Crippen LogP contribution >= 0.6 is 0 Å². The molecule has 1 fully saturated rings. The Bertz CT molecular complexity index is 685. The minimum atomic E-state index is 0.0283. The summed E-state index contributed by atoms with van der Waals surface area (Å²) in [6.45, 7) is 3.96. The molecule has 1 aliphatic heterocycles. The quantitative estimate of drug-likeness (QED) is 0.916. The molecule has 0 bridgehead atoms. The van der Waals surface area contributed by atoms with Crippen LogP contribution < -0.4 is 9.47 Å². The van der Waals surface area contributed by atoms with Gasteiger partial charge in [-0.2, -0.15) is 5.10 Å². The third-order valence-corrected chi connectivity index (χ3v) is 4.38. The molecule has 1 saturated heterocycles. The Morgan fingerprint density at radius 3 is 2.96 bits per heavy atom. The Labute approximate surface area is 141 Å². The lowest BCUT2D eigenvalue weighted by Crippen LogP contribution is -2.39. The van der Waals surface area contributed by atoms with Crippen molar-refractivity contribution < 1.29 is 14.3 Å². The van der Waals surface area contributed by atoms with Crippen molar-refractivity contribution in [3.05, 3.63) is 41.7 Å². The number of piperidine rings is 1. The molecule has 24 heavy (non-hydrogen) atoms. The van der Waals surface area contributed by atoms with Gasteiger partial charge in [0.25, 0.3) is 5.91 Å². The van der Waals surface area contributed by atoms with Crippen molar-refractivity contribution in [2.75, 3.05) is 26.8 Å². The first-order chi connectivity index (χ1) is 11.7. The molecule has 0 saturated carbocycles. The molecule has 1 atom stereocenters. The summed E-state index contributed by atoms with van der Waals surface area (Å²) in [5.41, 5.74) is 1.72. The number of aromatic amines is 1. The molecule has 3 rings (SSSR count). The summed E-state index contributed by atoms with van der Waals surface area (Å²) in [4.78, 5) is 14.8. The monoisotopic (exact) mass is 329 g/mol. The molecule has 1 aromatic heterocycles. The smallest absolute Gasteiger partial charge is 0.254 e. The third kappa shape index (κ3) is 3.37. The standard InChI is InChI=1S/C18H23N3O3/c1-3-24-16-7-6-13(11-17(16)23-2)18(22)21-10-4-5-14(12-21)15-8-9-19-20-15/h6-9,11,14H,3-5,10,12H2,1-2H3,(H,19,20)/t14-/m1/s1. The molecule has 2 heterocycles. The first kappa shape index (κ1) is 16.4. The van der Waals surface area contributed by atoms with Crippen LogP contribution in [0.5, 0.6) is 11.5 Å². The van der Waals surface area contributed by atoms with Gasteiger partial charge in [-0.05, 0) is 44.0 Å². The van der Waals surface area contributed by atoms with Crippen molar-refractivity contribution in [3.8, 4) is 11.5 Å². The van der Waals surface area contributed by atoms with Crippen molar-refractivity contribution in [2.24, 2.45) is 0 Å². The van der Waals surface area contributed by atoms with Gasteiger partial charge in [-0.25, -0.2) is 0 Å². The Morgan fingerprint density at radius 2 is 2.25 bits per heavy atom. The zero-order valence-corrected chi connectivity index (χ0v) is 14.1. The number of carbonyl (C=O) groups is 1. The lowest BCUT2D eigenvalue weighted by Gasteiger charge is -2.32. The number of hydrogen-bond donors (Lipinski definition) is 1. The van der Waals surface area contributed by atoms with Crippen LogP contribution in [0.15, 0.2) is 30.5 Å². The van der Waals surface area contributed by atoms with E-state index < -0.39 is 0 Å². The number of likely N-dealkylation sites (tertiary alicyclic amines) is 1. The Kier molecular flexibility index (Phi) is 5.03. The third-order valence-electron chi connectivity index (χ3n) is 4.38. The molecule has 0 aliphatic carbocycles. The average molecular weight is 329 g/mol. The van der Waals surface area contributed by atoms with Crippen molar-refractivity contribution in [1.82, 2.24) is 15.1 Å². The van der Waals surface area contributed by atoms with Crippen LogP contribution in [-0.4, -0.2) is 47.8 Å². The molecule has 128 valence electrons. The van der Waals surface area contributed by atoms with E-state index >= 15 is 0 Å². The highest BCUT2D eigenvalue weighted by molar-refractivity contribution is 5.95. The molecule has 1 aromatic carbocycles. The number of carbonyl (C=O) groups excluding carboxylic acids is 1. The van der Waals surface area contributed by atoms with Gasteiger partial charge in [-0.3, -0.25) is 9.89 Å². The first-order valence-electron chi connectivity index (χ1n) is 8.32. The normalized spacial score (nSPS) is 17.6. The van der Waals surface area contributed by atoms with Crippen LogP contribution in [-0.2, 0) is 0 Å². The van der Waals surface area contributed by atoms with E-state index in [2.05, 4.69) is 10.2 Å². The van der Waals surface area contributed by atoms with Crippen molar-refractivity contribution >= 4 is 5.91 Å². The number of rotatable bonds is 5. The predicted molar refractivity (Wildman–Crippen MR) is 90.6 cm³/mol. The number of nitrogens with one attached hydrogen (secondary N) is 1. The number of ether oxygens (including phenoxy) is 2. The Morgan fingerprint density at radius 1 is 1.38 bits per heavy atom. The molecule has 1 aliphatic rings. The van der Waals surface area contributed by atoms with Gasteiger partial charge < -0.3 is 14.4 Å². The van der Waals surface area contributed by atoms with Crippen molar-refractivity contribution in [1.29, 1.82) is 0 Å². The highest BCUT2D eigenvalue weighted by Gasteiger charge is 2.26. The summed E-state index contributed by atoms with van der Waals surface area (Å²) < 4.78 is 10.9. The van der Waals surface area contributed by atoms with Gasteiger partial charge in [0.1, 0.15) is 0 Å². The zero-order valence-electron chi connectivity index (χ0n) is 14.1.